The van der Waals surface area contributed by atoms with Crippen LogP contribution in [0.15, 0.2) is 65.3 Å². The molecular weight excluding hydrogens is 266 g/mol. The molecule has 4 nitrogen and oxygen atoms in total. The van der Waals surface area contributed by atoms with Gasteiger partial charge in [0.1, 0.15) is 12.3 Å². The quantitative estimate of drug-likeness (QED) is 0.779. The van der Waals surface area contributed by atoms with E-state index in [9.17, 15) is 4.79 Å². The molecule has 0 bridgehead atoms. The lowest BCUT2D eigenvalue weighted by Crippen LogP contribution is -2.12. The highest BCUT2D eigenvalue weighted by Gasteiger charge is 2.13. The summed E-state index contributed by atoms with van der Waals surface area (Å²) in [5, 5.41) is 9.16. The van der Waals surface area contributed by atoms with Gasteiger partial charge >= 0.3 is 5.97 Å². The van der Waals surface area contributed by atoms with Crippen molar-refractivity contribution >= 4 is 5.97 Å². The van der Waals surface area contributed by atoms with Gasteiger partial charge in [-0.2, -0.15) is 0 Å². The Balaban J connectivity index is 2.01. The maximum atomic E-state index is 11.2. The molecule has 0 amide bonds. The fourth-order valence-corrected chi connectivity index (χ4v) is 2.44. The number of carboxylic acid groups (broad SMARTS) is 1. The van der Waals surface area contributed by atoms with Crippen LogP contribution in [0, 0.1) is 0 Å². The van der Waals surface area contributed by atoms with Gasteiger partial charge in [-0.3, -0.25) is 4.79 Å². The first-order valence-electron chi connectivity index (χ1n) is 6.72. The summed E-state index contributed by atoms with van der Waals surface area (Å²) in [5.41, 5.74) is 2.83. The van der Waals surface area contributed by atoms with E-state index in [0.29, 0.717) is 6.42 Å². The van der Waals surface area contributed by atoms with Gasteiger partial charge in [-0.1, -0.05) is 30.3 Å². The molecular formula is C17H15NO3. The minimum atomic E-state index is -0.857. The number of carboxylic acids is 1. The van der Waals surface area contributed by atoms with Gasteiger partial charge in [-0.15, -0.1) is 0 Å². The monoisotopic (exact) mass is 281 g/mol. The first kappa shape index (κ1) is 13.2. The topological polar surface area (TPSA) is 55.4 Å². The summed E-state index contributed by atoms with van der Waals surface area (Å²) in [6, 6.07) is 17.4. The molecule has 1 N–H and O–H groups in total. The van der Waals surface area contributed by atoms with Gasteiger partial charge in [0, 0.05) is 17.8 Å². The van der Waals surface area contributed by atoms with Crippen LogP contribution in [0.25, 0.3) is 11.3 Å². The Bertz CT molecular complexity index is 727. The number of carbonyl (C=O) groups is 1. The van der Waals surface area contributed by atoms with Gasteiger partial charge in [0.25, 0.3) is 0 Å². The van der Waals surface area contributed by atoms with Crippen LogP contribution in [0.3, 0.4) is 0 Å². The fraction of sp³-hybridized carbons (Fsp3) is 0.118. The van der Waals surface area contributed by atoms with Crippen molar-refractivity contribution in [2.75, 3.05) is 0 Å². The van der Waals surface area contributed by atoms with Crippen molar-refractivity contribution in [1.82, 2.24) is 4.57 Å². The standard InChI is InChI=1S/C17H15NO3/c19-17(20)12-18-14(11-15-7-4-10-21-15)8-9-16(18)13-5-2-1-3-6-13/h1-10H,11-12H2,(H,19,20). The molecule has 21 heavy (non-hydrogen) atoms. The first-order valence-corrected chi connectivity index (χ1v) is 6.72. The molecule has 2 heterocycles. The second-order valence-electron chi connectivity index (χ2n) is 4.81. The Morgan fingerprint density at radius 1 is 1.05 bits per heavy atom. The molecule has 106 valence electrons. The minimum Gasteiger partial charge on any atom is -0.480 e. The van der Waals surface area contributed by atoms with Gasteiger partial charge in [0.05, 0.1) is 6.26 Å². The number of furan rings is 1. The van der Waals surface area contributed by atoms with Crippen molar-refractivity contribution in [3.05, 3.63) is 72.3 Å². The van der Waals surface area contributed by atoms with E-state index in [-0.39, 0.29) is 6.54 Å². The lowest BCUT2D eigenvalue weighted by atomic mass is 10.1. The first-order chi connectivity index (χ1) is 10.2. The SMILES string of the molecule is O=C(O)Cn1c(Cc2ccco2)ccc1-c1ccccc1. The molecule has 2 aromatic heterocycles. The number of aliphatic carboxylic acids is 1. The third-order valence-corrected chi connectivity index (χ3v) is 3.37. The highest BCUT2D eigenvalue weighted by molar-refractivity contribution is 5.69. The summed E-state index contributed by atoms with van der Waals surface area (Å²) in [6.07, 6.45) is 2.20. The van der Waals surface area contributed by atoms with Crippen LogP contribution >= 0.6 is 0 Å². The average Bonchev–Trinajstić information content (AvgIpc) is 3.11. The van der Waals surface area contributed by atoms with E-state index in [1.807, 2.05) is 59.2 Å². The van der Waals surface area contributed by atoms with Gasteiger partial charge in [-0.05, 0) is 29.8 Å². The number of hydrogen-bond donors (Lipinski definition) is 1. The van der Waals surface area contributed by atoms with Crippen LogP contribution in [0.4, 0.5) is 0 Å². The van der Waals surface area contributed by atoms with E-state index < -0.39 is 5.97 Å². The normalized spacial score (nSPS) is 10.7. The van der Waals surface area contributed by atoms with E-state index in [4.69, 9.17) is 9.52 Å². The molecule has 0 unspecified atom stereocenters. The van der Waals surface area contributed by atoms with E-state index in [2.05, 4.69) is 0 Å². The predicted octanol–water partition coefficient (Wildman–Crippen LogP) is 3.42. The fourth-order valence-electron chi connectivity index (χ4n) is 2.44. The van der Waals surface area contributed by atoms with Gasteiger partial charge < -0.3 is 14.1 Å². The number of rotatable bonds is 5. The van der Waals surface area contributed by atoms with Crippen molar-refractivity contribution in [3.63, 3.8) is 0 Å². The zero-order valence-electron chi connectivity index (χ0n) is 11.4. The maximum absolute atomic E-state index is 11.2. The van der Waals surface area contributed by atoms with Crippen molar-refractivity contribution in [1.29, 1.82) is 0 Å². The Morgan fingerprint density at radius 3 is 2.52 bits per heavy atom. The van der Waals surface area contributed by atoms with E-state index in [0.717, 1.165) is 22.7 Å². The Hall–Kier alpha value is -2.75. The molecule has 4 heteroatoms. The molecule has 0 aliphatic carbocycles. The van der Waals surface area contributed by atoms with Gasteiger partial charge in [-0.25, -0.2) is 0 Å². The van der Waals surface area contributed by atoms with Crippen LogP contribution in [0.1, 0.15) is 11.5 Å². The third-order valence-electron chi connectivity index (χ3n) is 3.37. The summed E-state index contributed by atoms with van der Waals surface area (Å²) >= 11 is 0. The Labute approximate surface area is 122 Å². The summed E-state index contributed by atoms with van der Waals surface area (Å²) in [4.78, 5) is 11.2. The lowest BCUT2D eigenvalue weighted by molar-refractivity contribution is -0.137. The molecule has 0 atom stereocenters. The highest BCUT2D eigenvalue weighted by atomic mass is 16.4. The minimum absolute atomic E-state index is 0.0622. The molecule has 0 saturated heterocycles. The maximum Gasteiger partial charge on any atom is 0.323 e. The van der Waals surface area contributed by atoms with Crippen molar-refractivity contribution in [3.8, 4) is 11.3 Å². The van der Waals surface area contributed by atoms with E-state index >= 15 is 0 Å². The molecule has 0 fully saturated rings. The summed E-state index contributed by atoms with van der Waals surface area (Å²) in [7, 11) is 0. The largest absolute Gasteiger partial charge is 0.480 e. The van der Waals surface area contributed by atoms with Gasteiger partial charge in [0.2, 0.25) is 0 Å². The average molecular weight is 281 g/mol. The highest BCUT2D eigenvalue weighted by Crippen LogP contribution is 2.24. The molecule has 0 radical (unpaired) electrons. The van der Waals surface area contributed by atoms with Crippen molar-refractivity contribution < 1.29 is 14.3 Å². The van der Waals surface area contributed by atoms with Crippen LogP contribution < -0.4 is 0 Å². The molecule has 3 aromatic rings. The molecule has 0 saturated carbocycles. The van der Waals surface area contributed by atoms with Crippen LogP contribution in [0.5, 0.6) is 0 Å². The van der Waals surface area contributed by atoms with Crippen LogP contribution in [-0.4, -0.2) is 15.6 Å². The summed E-state index contributed by atoms with van der Waals surface area (Å²) < 4.78 is 7.17. The molecule has 3 rings (SSSR count). The summed E-state index contributed by atoms with van der Waals surface area (Å²) in [5.74, 6) is -0.0385. The molecule has 0 aliphatic heterocycles. The molecule has 0 aliphatic rings. The second kappa shape index (κ2) is 5.71. The van der Waals surface area contributed by atoms with Crippen LogP contribution in [-0.2, 0) is 17.8 Å². The van der Waals surface area contributed by atoms with Crippen molar-refractivity contribution in [2.24, 2.45) is 0 Å². The number of benzene rings is 1. The predicted molar refractivity (Wildman–Crippen MR) is 79.0 cm³/mol. The second-order valence-corrected chi connectivity index (χ2v) is 4.81. The number of aromatic nitrogens is 1. The third kappa shape index (κ3) is 2.89. The number of hydrogen-bond acceptors (Lipinski definition) is 2. The lowest BCUT2D eigenvalue weighted by Gasteiger charge is -2.11. The number of nitrogens with zero attached hydrogens (tertiary/aromatic N) is 1. The van der Waals surface area contributed by atoms with Crippen LogP contribution in [0.2, 0.25) is 0 Å². The summed E-state index contributed by atoms with van der Waals surface area (Å²) in [6.45, 7) is -0.0622. The molecule has 1 aromatic carbocycles. The molecule has 0 spiro atoms. The van der Waals surface area contributed by atoms with Gasteiger partial charge in [0.15, 0.2) is 0 Å². The van der Waals surface area contributed by atoms with E-state index in [1.165, 1.54) is 0 Å². The smallest absolute Gasteiger partial charge is 0.323 e. The van der Waals surface area contributed by atoms with Crippen molar-refractivity contribution in [2.45, 2.75) is 13.0 Å². The zero-order chi connectivity index (χ0) is 14.7. The van der Waals surface area contributed by atoms with E-state index in [1.54, 1.807) is 6.26 Å². The Kier molecular flexibility index (Phi) is 3.60. The zero-order valence-corrected chi connectivity index (χ0v) is 11.4. The Morgan fingerprint density at radius 2 is 1.86 bits per heavy atom.